The Balaban J connectivity index is 2.11. The summed E-state index contributed by atoms with van der Waals surface area (Å²) in [6.07, 6.45) is 0.238. The molecule has 1 aromatic rings. The van der Waals surface area contributed by atoms with Crippen LogP contribution in [0.25, 0.3) is 0 Å². The molecule has 23 heavy (non-hydrogen) atoms. The normalized spacial score (nSPS) is 29.9. The summed E-state index contributed by atoms with van der Waals surface area (Å²) in [7, 11) is 0. The number of ether oxygens (including phenoxy) is 1. The number of fused-ring (bicyclic) bond motifs is 3. The molecule has 1 aliphatic heterocycles. The first-order valence-corrected chi connectivity index (χ1v) is 7.57. The zero-order valence-electron chi connectivity index (χ0n) is 13.2. The fourth-order valence-electron chi connectivity index (χ4n) is 3.23. The van der Waals surface area contributed by atoms with Gasteiger partial charge in [-0.05, 0) is 20.3 Å². The van der Waals surface area contributed by atoms with Crippen molar-refractivity contribution < 1.29 is 24.5 Å². The topological polar surface area (TPSA) is 95.9 Å². The second-order valence-electron chi connectivity index (χ2n) is 6.04. The highest BCUT2D eigenvalue weighted by Gasteiger charge is 2.70. The van der Waals surface area contributed by atoms with Gasteiger partial charge in [0.25, 0.3) is 0 Å². The lowest BCUT2D eigenvalue weighted by Gasteiger charge is -2.32. The minimum absolute atomic E-state index is 0.186. The lowest BCUT2D eigenvalue weighted by atomic mass is 9.85. The van der Waals surface area contributed by atoms with Crippen LogP contribution >= 0.6 is 0 Å². The van der Waals surface area contributed by atoms with E-state index in [0.717, 1.165) is 0 Å². The average Bonchev–Trinajstić information content (AvgIpc) is 2.82. The van der Waals surface area contributed by atoms with Gasteiger partial charge >= 0.3 is 5.97 Å². The van der Waals surface area contributed by atoms with E-state index in [2.05, 4.69) is 5.32 Å². The molecule has 1 heterocycles. The molecule has 0 spiro atoms. The SMILES string of the molecule is CC[C@@H](C)OC(=O)C1=C(C)N[C@]2(O)c3ccccc3C(=O)[C@]12O. The maximum Gasteiger partial charge on any atom is 0.339 e. The molecule has 0 saturated carbocycles. The first-order chi connectivity index (χ1) is 10.8. The number of hydrogen-bond donors (Lipinski definition) is 3. The molecule has 0 bridgehead atoms. The molecule has 0 amide bonds. The number of benzene rings is 1. The molecule has 6 heteroatoms. The Hall–Kier alpha value is -2.18. The summed E-state index contributed by atoms with van der Waals surface area (Å²) in [5.41, 5.74) is -4.02. The Morgan fingerprint density at radius 2 is 2.00 bits per heavy atom. The van der Waals surface area contributed by atoms with Gasteiger partial charge in [-0.15, -0.1) is 0 Å². The Labute approximate surface area is 133 Å². The molecule has 0 fully saturated rings. The summed E-state index contributed by atoms with van der Waals surface area (Å²) < 4.78 is 5.26. The van der Waals surface area contributed by atoms with Gasteiger partial charge < -0.3 is 20.3 Å². The van der Waals surface area contributed by atoms with Crippen LogP contribution in [0, 0.1) is 0 Å². The second kappa shape index (κ2) is 4.91. The summed E-state index contributed by atoms with van der Waals surface area (Å²) in [4.78, 5) is 25.2. The maximum absolute atomic E-state index is 12.7. The van der Waals surface area contributed by atoms with Crippen LogP contribution in [0.2, 0.25) is 0 Å². The number of allylic oxidation sites excluding steroid dienone is 1. The molecule has 3 atom stereocenters. The van der Waals surface area contributed by atoms with Crippen LogP contribution in [-0.2, 0) is 15.3 Å². The number of ketones is 1. The number of carbonyl (C=O) groups is 2. The Bertz CT molecular complexity index is 740. The number of esters is 1. The molecule has 122 valence electrons. The number of Topliss-reactive ketones (excluding diaryl/α,β-unsaturated/α-hetero) is 1. The minimum atomic E-state index is -2.38. The fraction of sp³-hybridized carbons (Fsp3) is 0.412. The van der Waals surface area contributed by atoms with Crippen LogP contribution in [0.5, 0.6) is 0 Å². The summed E-state index contributed by atoms with van der Waals surface area (Å²) in [5.74, 6) is -1.51. The summed E-state index contributed by atoms with van der Waals surface area (Å²) in [6, 6.07) is 6.36. The lowest BCUT2D eigenvalue weighted by Crippen LogP contribution is -2.56. The highest BCUT2D eigenvalue weighted by molar-refractivity contribution is 6.16. The quantitative estimate of drug-likeness (QED) is 0.719. The van der Waals surface area contributed by atoms with E-state index in [4.69, 9.17) is 4.74 Å². The molecule has 0 saturated heterocycles. The predicted molar refractivity (Wildman–Crippen MR) is 81.3 cm³/mol. The smallest absolute Gasteiger partial charge is 0.339 e. The molecule has 6 nitrogen and oxygen atoms in total. The number of nitrogens with one attached hydrogen (secondary N) is 1. The van der Waals surface area contributed by atoms with Crippen LogP contribution < -0.4 is 5.32 Å². The average molecular weight is 317 g/mol. The molecule has 1 aromatic carbocycles. The van der Waals surface area contributed by atoms with Crippen molar-refractivity contribution in [1.82, 2.24) is 5.32 Å². The number of carbonyl (C=O) groups excluding carboxylic acids is 2. The molecule has 0 radical (unpaired) electrons. The molecule has 0 unspecified atom stereocenters. The molecule has 1 aliphatic carbocycles. The van der Waals surface area contributed by atoms with E-state index in [1.165, 1.54) is 13.0 Å². The van der Waals surface area contributed by atoms with Crippen molar-refractivity contribution >= 4 is 11.8 Å². The van der Waals surface area contributed by atoms with Crippen molar-refractivity contribution in [3.8, 4) is 0 Å². The largest absolute Gasteiger partial charge is 0.459 e. The lowest BCUT2D eigenvalue weighted by molar-refractivity contribution is -0.151. The van der Waals surface area contributed by atoms with E-state index in [0.29, 0.717) is 6.42 Å². The van der Waals surface area contributed by atoms with E-state index in [-0.39, 0.29) is 28.5 Å². The number of hydrogen-bond acceptors (Lipinski definition) is 6. The van der Waals surface area contributed by atoms with Crippen molar-refractivity contribution in [2.45, 2.75) is 44.6 Å². The van der Waals surface area contributed by atoms with E-state index in [9.17, 15) is 19.8 Å². The van der Waals surface area contributed by atoms with E-state index in [1.807, 2.05) is 6.92 Å². The second-order valence-corrected chi connectivity index (χ2v) is 6.04. The van der Waals surface area contributed by atoms with Gasteiger partial charge in [0.2, 0.25) is 17.1 Å². The highest BCUT2D eigenvalue weighted by atomic mass is 16.5. The Morgan fingerprint density at radius 3 is 2.65 bits per heavy atom. The van der Waals surface area contributed by atoms with Crippen molar-refractivity contribution in [2.75, 3.05) is 0 Å². The molecule has 0 aromatic heterocycles. The predicted octanol–water partition coefficient (Wildman–Crippen LogP) is 0.978. The van der Waals surface area contributed by atoms with Gasteiger partial charge in [-0.25, -0.2) is 4.79 Å². The molecule has 3 N–H and O–H groups in total. The summed E-state index contributed by atoms with van der Waals surface area (Å²) in [6.45, 7) is 5.10. The fourth-order valence-corrected chi connectivity index (χ4v) is 3.23. The third-order valence-corrected chi connectivity index (χ3v) is 4.61. The Morgan fingerprint density at radius 1 is 1.35 bits per heavy atom. The highest BCUT2D eigenvalue weighted by Crippen LogP contribution is 2.51. The molecule has 3 rings (SSSR count). The van der Waals surface area contributed by atoms with Gasteiger partial charge in [-0.3, -0.25) is 4.79 Å². The summed E-state index contributed by atoms with van der Waals surface area (Å²) >= 11 is 0. The van der Waals surface area contributed by atoms with Crippen LogP contribution in [0.15, 0.2) is 35.5 Å². The van der Waals surface area contributed by atoms with E-state index >= 15 is 0 Å². The maximum atomic E-state index is 12.7. The zero-order valence-corrected chi connectivity index (χ0v) is 13.2. The third kappa shape index (κ3) is 1.82. The standard InChI is InChI=1S/C17H19NO5/c1-4-9(2)23-15(20)13-10(3)18-17(22)12-8-6-5-7-11(12)14(19)16(13,17)21/h5-9,18,21-22H,4H2,1-3H3/t9-,16-,17+/m1/s1. The van der Waals surface area contributed by atoms with Crippen molar-refractivity contribution in [3.05, 3.63) is 46.7 Å². The number of rotatable bonds is 3. The molecular formula is C17H19NO5. The van der Waals surface area contributed by atoms with Gasteiger partial charge in [-0.1, -0.05) is 31.2 Å². The third-order valence-electron chi connectivity index (χ3n) is 4.61. The monoisotopic (exact) mass is 317 g/mol. The Kier molecular flexibility index (Phi) is 3.35. The van der Waals surface area contributed by atoms with Gasteiger partial charge in [0, 0.05) is 16.8 Å². The van der Waals surface area contributed by atoms with Crippen molar-refractivity contribution in [1.29, 1.82) is 0 Å². The van der Waals surface area contributed by atoms with Crippen molar-refractivity contribution in [3.63, 3.8) is 0 Å². The van der Waals surface area contributed by atoms with E-state index in [1.54, 1.807) is 25.1 Å². The molecular weight excluding hydrogens is 298 g/mol. The van der Waals surface area contributed by atoms with E-state index < -0.39 is 23.1 Å². The van der Waals surface area contributed by atoms with Gasteiger partial charge in [-0.2, -0.15) is 0 Å². The number of aliphatic hydroxyl groups is 2. The first-order valence-electron chi connectivity index (χ1n) is 7.57. The van der Waals surface area contributed by atoms with Crippen LogP contribution in [0.3, 0.4) is 0 Å². The van der Waals surface area contributed by atoms with Gasteiger partial charge in [0.05, 0.1) is 6.10 Å². The first kappa shape index (κ1) is 15.7. The summed E-state index contributed by atoms with van der Waals surface area (Å²) in [5, 5.41) is 24.7. The van der Waals surface area contributed by atoms with Crippen LogP contribution in [0.1, 0.15) is 43.1 Å². The zero-order chi connectivity index (χ0) is 17.0. The minimum Gasteiger partial charge on any atom is -0.459 e. The van der Waals surface area contributed by atoms with Crippen LogP contribution in [-0.4, -0.2) is 33.7 Å². The van der Waals surface area contributed by atoms with Crippen LogP contribution in [0.4, 0.5) is 0 Å². The molecule has 2 aliphatic rings. The van der Waals surface area contributed by atoms with Gasteiger partial charge in [0.15, 0.2) is 0 Å². The van der Waals surface area contributed by atoms with Crippen molar-refractivity contribution in [2.24, 2.45) is 0 Å². The van der Waals surface area contributed by atoms with Gasteiger partial charge in [0.1, 0.15) is 5.57 Å².